The Hall–Kier alpha value is -2.35. The van der Waals surface area contributed by atoms with Crippen LogP contribution in [-0.4, -0.2) is 18.2 Å². The molecule has 1 rings (SSSR count). The number of anilines is 2. The van der Waals surface area contributed by atoms with E-state index in [2.05, 4.69) is 17.2 Å². The Kier molecular flexibility index (Phi) is 4.65. The Morgan fingerprint density at radius 3 is 2.58 bits per heavy atom. The number of hydrogen-bond acceptors (Lipinski definition) is 4. The summed E-state index contributed by atoms with van der Waals surface area (Å²) in [5.41, 5.74) is 12.5. The van der Waals surface area contributed by atoms with Gasteiger partial charge >= 0.3 is 6.09 Å². The van der Waals surface area contributed by atoms with E-state index in [-0.39, 0.29) is 6.54 Å². The lowest BCUT2D eigenvalue weighted by molar-refractivity contribution is 0.0535. The minimum absolute atomic E-state index is 0.208. The Balaban J connectivity index is 2.47. The Bertz CT molecular complexity index is 522. The molecule has 0 radical (unpaired) electrons. The van der Waals surface area contributed by atoms with E-state index < -0.39 is 11.7 Å². The van der Waals surface area contributed by atoms with E-state index in [1.54, 1.807) is 39.0 Å². The summed E-state index contributed by atoms with van der Waals surface area (Å²) in [5, 5.41) is 2.54. The molecule has 0 spiro atoms. The maximum absolute atomic E-state index is 11.3. The summed E-state index contributed by atoms with van der Waals surface area (Å²) in [5.74, 6) is 5.68. The van der Waals surface area contributed by atoms with Crippen molar-refractivity contribution in [2.24, 2.45) is 0 Å². The molecule has 1 aromatic rings. The molecule has 102 valence electrons. The smallest absolute Gasteiger partial charge is 0.408 e. The molecule has 5 heteroatoms. The van der Waals surface area contributed by atoms with Crippen LogP contribution in [0.1, 0.15) is 26.3 Å². The fraction of sp³-hybridized carbons (Fsp3) is 0.357. The van der Waals surface area contributed by atoms with Crippen LogP contribution in [0.25, 0.3) is 0 Å². The highest BCUT2D eigenvalue weighted by Crippen LogP contribution is 2.14. The molecule has 0 saturated heterocycles. The fourth-order valence-electron chi connectivity index (χ4n) is 1.23. The van der Waals surface area contributed by atoms with Gasteiger partial charge in [0.2, 0.25) is 0 Å². The van der Waals surface area contributed by atoms with Gasteiger partial charge in [-0.25, -0.2) is 4.79 Å². The third kappa shape index (κ3) is 5.68. The summed E-state index contributed by atoms with van der Waals surface area (Å²) in [4.78, 5) is 11.3. The van der Waals surface area contributed by atoms with Gasteiger partial charge in [-0.05, 0) is 39.0 Å². The zero-order valence-electron chi connectivity index (χ0n) is 11.4. The van der Waals surface area contributed by atoms with Crippen molar-refractivity contribution in [3.8, 4) is 11.8 Å². The number of carbonyl (C=O) groups is 1. The lowest BCUT2D eigenvalue weighted by Gasteiger charge is -2.18. The van der Waals surface area contributed by atoms with Gasteiger partial charge in [-0.3, -0.25) is 0 Å². The molecule has 0 unspecified atom stereocenters. The first-order chi connectivity index (χ1) is 8.78. The van der Waals surface area contributed by atoms with Crippen molar-refractivity contribution in [3.05, 3.63) is 23.8 Å². The average Bonchev–Trinajstić information content (AvgIpc) is 2.27. The van der Waals surface area contributed by atoms with Crippen LogP contribution in [0, 0.1) is 11.8 Å². The lowest BCUT2D eigenvalue weighted by Crippen LogP contribution is -2.32. The summed E-state index contributed by atoms with van der Waals surface area (Å²) >= 11 is 0. The quantitative estimate of drug-likeness (QED) is 0.530. The molecule has 0 aromatic heterocycles. The number of ether oxygens (including phenoxy) is 1. The predicted molar refractivity (Wildman–Crippen MR) is 76.4 cm³/mol. The molecule has 5 N–H and O–H groups in total. The number of alkyl carbamates (subject to hydrolysis) is 1. The van der Waals surface area contributed by atoms with Crippen molar-refractivity contribution in [1.82, 2.24) is 5.32 Å². The van der Waals surface area contributed by atoms with E-state index >= 15 is 0 Å². The fourth-order valence-corrected chi connectivity index (χ4v) is 1.23. The van der Waals surface area contributed by atoms with Crippen LogP contribution in [0.2, 0.25) is 0 Å². The molecule has 19 heavy (non-hydrogen) atoms. The molecule has 0 atom stereocenters. The third-order valence-corrected chi connectivity index (χ3v) is 2.04. The van der Waals surface area contributed by atoms with E-state index in [0.29, 0.717) is 11.4 Å². The summed E-state index contributed by atoms with van der Waals surface area (Å²) in [6, 6.07) is 5.16. The van der Waals surface area contributed by atoms with Crippen molar-refractivity contribution in [2.45, 2.75) is 26.4 Å². The normalized spacial score (nSPS) is 10.3. The van der Waals surface area contributed by atoms with Crippen molar-refractivity contribution in [2.75, 3.05) is 18.0 Å². The first-order valence-corrected chi connectivity index (χ1v) is 5.88. The second-order valence-electron chi connectivity index (χ2n) is 5.00. The van der Waals surface area contributed by atoms with Crippen LogP contribution in [0.4, 0.5) is 16.2 Å². The molecule has 0 aliphatic carbocycles. The molecular weight excluding hydrogens is 242 g/mol. The van der Waals surface area contributed by atoms with E-state index in [1.165, 1.54) is 0 Å². The van der Waals surface area contributed by atoms with Crippen LogP contribution >= 0.6 is 0 Å². The van der Waals surface area contributed by atoms with Gasteiger partial charge in [0.25, 0.3) is 0 Å². The molecule has 1 amide bonds. The minimum atomic E-state index is -0.511. The highest BCUT2D eigenvalue weighted by molar-refractivity contribution is 5.68. The Labute approximate surface area is 113 Å². The lowest BCUT2D eigenvalue weighted by atomic mass is 10.2. The van der Waals surface area contributed by atoms with Gasteiger partial charge in [0.15, 0.2) is 0 Å². The second kappa shape index (κ2) is 6.01. The monoisotopic (exact) mass is 261 g/mol. The molecule has 5 nitrogen and oxygen atoms in total. The third-order valence-electron chi connectivity index (χ3n) is 2.04. The molecular formula is C14H19N3O2. The molecule has 0 fully saturated rings. The molecule has 0 aliphatic heterocycles. The van der Waals surface area contributed by atoms with Gasteiger partial charge in [-0.2, -0.15) is 0 Å². The van der Waals surface area contributed by atoms with Gasteiger partial charge in [-0.15, -0.1) is 0 Å². The second-order valence-corrected chi connectivity index (χ2v) is 5.00. The molecule has 1 aromatic carbocycles. The number of hydrogen-bond donors (Lipinski definition) is 3. The number of nitrogens with one attached hydrogen (secondary N) is 1. The highest BCUT2D eigenvalue weighted by Gasteiger charge is 2.14. The summed E-state index contributed by atoms with van der Waals surface area (Å²) in [7, 11) is 0. The number of benzene rings is 1. The van der Waals surface area contributed by atoms with Crippen LogP contribution in [0.15, 0.2) is 18.2 Å². The van der Waals surface area contributed by atoms with Gasteiger partial charge < -0.3 is 21.5 Å². The van der Waals surface area contributed by atoms with Crippen molar-refractivity contribution in [3.63, 3.8) is 0 Å². The SMILES string of the molecule is CC(C)(C)OC(=O)NCC#Cc1ccc(N)c(N)c1. The van der Waals surface area contributed by atoms with Gasteiger partial charge in [0.1, 0.15) is 5.60 Å². The first-order valence-electron chi connectivity index (χ1n) is 5.88. The van der Waals surface area contributed by atoms with E-state index in [0.717, 1.165) is 5.56 Å². The topological polar surface area (TPSA) is 90.4 Å². The van der Waals surface area contributed by atoms with Crippen molar-refractivity contribution < 1.29 is 9.53 Å². The first kappa shape index (κ1) is 14.7. The zero-order valence-corrected chi connectivity index (χ0v) is 11.4. The zero-order chi connectivity index (χ0) is 14.5. The molecule has 0 saturated carbocycles. The van der Waals surface area contributed by atoms with E-state index in [9.17, 15) is 4.79 Å². The van der Waals surface area contributed by atoms with Gasteiger partial charge in [0, 0.05) is 5.56 Å². The molecule has 0 heterocycles. The van der Waals surface area contributed by atoms with Crippen molar-refractivity contribution >= 4 is 17.5 Å². The largest absolute Gasteiger partial charge is 0.444 e. The molecule has 0 bridgehead atoms. The highest BCUT2D eigenvalue weighted by atomic mass is 16.6. The Morgan fingerprint density at radius 2 is 2.00 bits per heavy atom. The maximum atomic E-state index is 11.3. The standard InChI is InChI=1S/C14H19N3O2/c1-14(2,3)19-13(18)17-8-4-5-10-6-7-11(15)12(16)9-10/h6-7,9H,8,15-16H2,1-3H3,(H,17,18). The van der Waals surface area contributed by atoms with Crippen molar-refractivity contribution in [1.29, 1.82) is 0 Å². The van der Waals surface area contributed by atoms with Crippen LogP contribution in [0.5, 0.6) is 0 Å². The van der Waals surface area contributed by atoms with Crippen LogP contribution in [-0.2, 0) is 4.74 Å². The number of nitrogens with two attached hydrogens (primary N) is 2. The number of amides is 1. The predicted octanol–water partition coefficient (Wildman–Crippen LogP) is 1.73. The summed E-state index contributed by atoms with van der Waals surface area (Å²) in [6.45, 7) is 5.61. The van der Waals surface area contributed by atoms with E-state index in [4.69, 9.17) is 16.2 Å². The summed E-state index contributed by atoms with van der Waals surface area (Å²) < 4.78 is 5.07. The minimum Gasteiger partial charge on any atom is -0.444 e. The average molecular weight is 261 g/mol. The number of carbonyl (C=O) groups excluding carboxylic acids is 1. The maximum Gasteiger partial charge on any atom is 0.408 e. The van der Waals surface area contributed by atoms with Crippen LogP contribution in [0.3, 0.4) is 0 Å². The van der Waals surface area contributed by atoms with E-state index in [1.807, 2.05) is 0 Å². The summed E-state index contributed by atoms with van der Waals surface area (Å²) in [6.07, 6.45) is -0.487. The number of rotatable bonds is 1. The Morgan fingerprint density at radius 1 is 1.32 bits per heavy atom. The van der Waals surface area contributed by atoms with Gasteiger partial charge in [-0.1, -0.05) is 11.8 Å². The van der Waals surface area contributed by atoms with Gasteiger partial charge in [0.05, 0.1) is 17.9 Å². The number of nitrogen functional groups attached to an aromatic ring is 2. The molecule has 0 aliphatic rings. The van der Waals surface area contributed by atoms with Crippen LogP contribution < -0.4 is 16.8 Å².